The summed E-state index contributed by atoms with van der Waals surface area (Å²) in [5.41, 5.74) is 4.09. The van der Waals surface area contributed by atoms with Crippen LogP contribution in [0.15, 0.2) is 54.7 Å². The third kappa shape index (κ3) is 4.19. The molecule has 0 unspecified atom stereocenters. The third-order valence-corrected chi connectivity index (χ3v) is 5.85. The van der Waals surface area contributed by atoms with Crippen molar-refractivity contribution in [3.05, 3.63) is 71.4 Å². The average molecular weight is 389 g/mol. The van der Waals surface area contributed by atoms with Crippen LogP contribution in [0.25, 0.3) is 10.9 Å². The molecule has 2 amide bonds. The van der Waals surface area contributed by atoms with Gasteiger partial charge in [-0.2, -0.15) is 0 Å². The lowest BCUT2D eigenvalue weighted by molar-refractivity contribution is -0.122. The molecule has 150 valence electrons. The van der Waals surface area contributed by atoms with Crippen LogP contribution in [0, 0.1) is 5.92 Å². The Balaban J connectivity index is 1.35. The van der Waals surface area contributed by atoms with Gasteiger partial charge in [0, 0.05) is 30.1 Å². The summed E-state index contributed by atoms with van der Waals surface area (Å²) in [4.78, 5) is 28.2. The number of para-hydroxylation sites is 1. The highest BCUT2D eigenvalue weighted by Gasteiger charge is 2.25. The van der Waals surface area contributed by atoms with Gasteiger partial charge in [-0.25, -0.2) is 0 Å². The summed E-state index contributed by atoms with van der Waals surface area (Å²) >= 11 is 0. The molecule has 1 aliphatic carbocycles. The van der Waals surface area contributed by atoms with Crippen molar-refractivity contribution in [3.63, 3.8) is 0 Å². The first-order valence-electron chi connectivity index (χ1n) is 10.3. The van der Waals surface area contributed by atoms with Gasteiger partial charge in [0.25, 0.3) is 5.91 Å². The summed E-state index contributed by atoms with van der Waals surface area (Å²) in [6.45, 7) is 2.51. The number of nitrogens with one attached hydrogen (secondary N) is 3. The number of aromatic amines is 1. The fourth-order valence-corrected chi connectivity index (χ4v) is 4.26. The summed E-state index contributed by atoms with van der Waals surface area (Å²) in [6.07, 6.45) is 5.28. The second kappa shape index (κ2) is 8.52. The maximum Gasteiger partial charge on any atom is 0.253 e. The van der Waals surface area contributed by atoms with Gasteiger partial charge in [-0.3, -0.25) is 9.59 Å². The zero-order valence-electron chi connectivity index (χ0n) is 16.7. The summed E-state index contributed by atoms with van der Waals surface area (Å²) in [5.74, 6) is 0.199. The van der Waals surface area contributed by atoms with E-state index in [4.69, 9.17) is 0 Å². The number of H-pyrrole nitrogens is 1. The number of rotatable bonds is 5. The first kappa shape index (κ1) is 19.2. The molecular formula is C24H27N3O2. The minimum absolute atomic E-state index is 0.0298. The van der Waals surface area contributed by atoms with Crippen molar-refractivity contribution >= 4 is 22.7 Å². The van der Waals surface area contributed by atoms with Gasteiger partial charge < -0.3 is 15.6 Å². The van der Waals surface area contributed by atoms with Gasteiger partial charge in [0.2, 0.25) is 5.91 Å². The van der Waals surface area contributed by atoms with Crippen LogP contribution in [0.5, 0.6) is 0 Å². The van der Waals surface area contributed by atoms with Crippen LogP contribution in [0.3, 0.4) is 0 Å². The molecule has 3 N–H and O–H groups in total. The van der Waals surface area contributed by atoms with Gasteiger partial charge in [0.05, 0.1) is 11.6 Å². The fourth-order valence-electron chi connectivity index (χ4n) is 4.26. The molecule has 2 atom stereocenters. The number of hydrogen-bond donors (Lipinski definition) is 3. The van der Waals surface area contributed by atoms with E-state index in [2.05, 4.69) is 40.7 Å². The van der Waals surface area contributed by atoms with Crippen molar-refractivity contribution < 1.29 is 9.59 Å². The second-order valence-corrected chi connectivity index (χ2v) is 7.87. The molecule has 3 aromatic rings. The molecule has 0 saturated carbocycles. The molecule has 5 heteroatoms. The van der Waals surface area contributed by atoms with Gasteiger partial charge >= 0.3 is 0 Å². The number of carbonyl (C=O) groups is 2. The van der Waals surface area contributed by atoms with Crippen molar-refractivity contribution in [2.75, 3.05) is 6.54 Å². The van der Waals surface area contributed by atoms with Crippen LogP contribution in [0.4, 0.5) is 0 Å². The Bertz CT molecular complexity index is 1020. The number of amides is 2. The molecule has 5 nitrogen and oxygen atoms in total. The average Bonchev–Trinajstić information content (AvgIpc) is 3.10. The predicted octanol–water partition coefficient (Wildman–Crippen LogP) is 4.12. The normalized spacial score (nSPS) is 18.7. The van der Waals surface area contributed by atoms with E-state index in [1.165, 1.54) is 11.1 Å². The highest BCUT2D eigenvalue weighted by molar-refractivity contribution is 6.06. The van der Waals surface area contributed by atoms with Gasteiger partial charge in [-0.05, 0) is 42.4 Å². The van der Waals surface area contributed by atoms with Crippen LogP contribution < -0.4 is 10.6 Å². The number of aryl methyl sites for hydroxylation is 1. The zero-order chi connectivity index (χ0) is 20.2. The minimum atomic E-state index is -0.163. The molecule has 0 spiro atoms. The number of fused-ring (bicyclic) bond motifs is 2. The number of benzene rings is 2. The lowest BCUT2D eigenvalue weighted by atomic mass is 9.92. The molecule has 0 radical (unpaired) electrons. The standard InChI is InChI=1S/C24H27N3O2/c1-16-7-6-9-17-8-2-3-10-18(17)23(16)27-22(28)13-14-25-24(29)20-15-26-21-12-5-4-11-19(20)21/h2-5,8,10-12,15-16,23,26H,6-7,9,13-14H2,1H3,(H,25,29)(H,27,28)/t16-,23-/m0/s1. The second-order valence-electron chi connectivity index (χ2n) is 7.87. The highest BCUT2D eigenvalue weighted by Crippen LogP contribution is 2.32. The molecule has 4 rings (SSSR count). The predicted molar refractivity (Wildman–Crippen MR) is 115 cm³/mol. The summed E-state index contributed by atoms with van der Waals surface area (Å²) in [7, 11) is 0. The highest BCUT2D eigenvalue weighted by atomic mass is 16.2. The van der Waals surface area contributed by atoms with E-state index in [0.717, 1.165) is 30.2 Å². The first-order valence-corrected chi connectivity index (χ1v) is 10.3. The Morgan fingerprint density at radius 1 is 1.10 bits per heavy atom. The molecule has 0 saturated heterocycles. The van der Waals surface area contributed by atoms with E-state index < -0.39 is 0 Å². The molecule has 29 heavy (non-hydrogen) atoms. The van der Waals surface area contributed by atoms with E-state index in [0.29, 0.717) is 18.0 Å². The van der Waals surface area contributed by atoms with Crippen molar-refractivity contribution in [2.24, 2.45) is 5.92 Å². The van der Waals surface area contributed by atoms with Crippen molar-refractivity contribution in [2.45, 2.75) is 38.6 Å². The minimum Gasteiger partial charge on any atom is -0.360 e. The topological polar surface area (TPSA) is 74.0 Å². The van der Waals surface area contributed by atoms with E-state index in [9.17, 15) is 9.59 Å². The summed E-state index contributed by atoms with van der Waals surface area (Å²) in [6, 6.07) is 16.1. The first-order chi connectivity index (χ1) is 14.1. The quantitative estimate of drug-likeness (QED) is 0.574. The Labute approximate surface area is 170 Å². The maximum absolute atomic E-state index is 12.6. The SMILES string of the molecule is C[C@H]1CCCc2ccccc2[C@H]1NC(=O)CCNC(=O)c1c[nH]c2ccccc12. The lowest BCUT2D eigenvalue weighted by Gasteiger charge is -2.25. The van der Waals surface area contributed by atoms with Gasteiger partial charge in [-0.1, -0.05) is 49.4 Å². The van der Waals surface area contributed by atoms with Crippen molar-refractivity contribution in [3.8, 4) is 0 Å². The molecule has 0 fully saturated rings. The van der Waals surface area contributed by atoms with Gasteiger partial charge in [0.15, 0.2) is 0 Å². The number of carbonyl (C=O) groups excluding carboxylic acids is 2. The Kier molecular flexibility index (Phi) is 5.65. The van der Waals surface area contributed by atoms with Crippen LogP contribution >= 0.6 is 0 Å². The number of hydrogen-bond acceptors (Lipinski definition) is 2. The molecule has 0 aliphatic heterocycles. The van der Waals surface area contributed by atoms with Crippen LogP contribution in [0.2, 0.25) is 0 Å². The van der Waals surface area contributed by atoms with E-state index >= 15 is 0 Å². The van der Waals surface area contributed by atoms with Crippen LogP contribution in [0.1, 0.15) is 53.7 Å². The fraction of sp³-hybridized carbons (Fsp3) is 0.333. The largest absolute Gasteiger partial charge is 0.360 e. The van der Waals surface area contributed by atoms with Gasteiger partial charge in [-0.15, -0.1) is 0 Å². The summed E-state index contributed by atoms with van der Waals surface area (Å²) < 4.78 is 0. The lowest BCUT2D eigenvalue weighted by Crippen LogP contribution is -2.35. The number of aromatic nitrogens is 1. The van der Waals surface area contributed by atoms with Crippen molar-refractivity contribution in [1.82, 2.24) is 15.6 Å². The Morgan fingerprint density at radius 2 is 1.90 bits per heavy atom. The third-order valence-electron chi connectivity index (χ3n) is 5.85. The van der Waals surface area contributed by atoms with Crippen LogP contribution in [-0.2, 0) is 11.2 Å². The summed E-state index contributed by atoms with van der Waals surface area (Å²) in [5, 5.41) is 6.96. The Morgan fingerprint density at radius 3 is 2.79 bits per heavy atom. The van der Waals surface area contributed by atoms with Gasteiger partial charge in [0.1, 0.15) is 0 Å². The van der Waals surface area contributed by atoms with E-state index in [1.807, 2.05) is 30.3 Å². The maximum atomic E-state index is 12.6. The molecule has 1 aromatic heterocycles. The molecule has 0 bridgehead atoms. The molecule has 1 aliphatic rings. The monoisotopic (exact) mass is 389 g/mol. The van der Waals surface area contributed by atoms with E-state index in [-0.39, 0.29) is 24.3 Å². The zero-order valence-corrected chi connectivity index (χ0v) is 16.7. The van der Waals surface area contributed by atoms with Crippen LogP contribution in [-0.4, -0.2) is 23.3 Å². The van der Waals surface area contributed by atoms with Crippen molar-refractivity contribution in [1.29, 1.82) is 0 Å². The molecule has 1 heterocycles. The molecule has 2 aromatic carbocycles. The Hall–Kier alpha value is -3.08. The molecular weight excluding hydrogens is 362 g/mol. The smallest absolute Gasteiger partial charge is 0.253 e. The van der Waals surface area contributed by atoms with E-state index in [1.54, 1.807) is 6.20 Å².